The van der Waals surface area contributed by atoms with Gasteiger partial charge in [-0.05, 0) is 0 Å². The highest BCUT2D eigenvalue weighted by Gasteiger charge is 2.71. The molecule has 9 fully saturated rings. The maximum absolute atomic E-state index is 13.7. The SMILES string of the molecule is CO[C@H]1O[C@H](COS(=O)(=O)O)[C@@H](O[C@@H]2O[C@@]3(C(=O)O)CO[C@@H]2[C@@H](OC)[C@@H]3O[C@H]2O[C@H](COS(=O)(=O)O)[C@@H](O[C@@H]3O[C@]4(C(=O)O)CO[C@H]3[C@@H](OC)[C@@H]4O[C@H]3O[C@H](COS(=O)(=O)O)[C@@H](OC)[C@H](OC)[C@H]3OC)[C@H](OS(=O)(=O)O)[C@H]2OS(=O)(=O)O)[C@H](OS(=O)(=O)O)[C@H]1OS(=O)(=O)O. The van der Waals surface area contributed by atoms with Crippen LogP contribution < -0.4 is 0 Å². The van der Waals surface area contributed by atoms with Crippen molar-refractivity contribution in [3.8, 4) is 0 Å². The number of methoxy groups -OCH3 is 6. The number of fused-ring (bicyclic) bond motifs is 6. The van der Waals surface area contributed by atoms with Crippen LogP contribution in [0.4, 0.5) is 0 Å². The van der Waals surface area contributed by atoms with Crippen molar-refractivity contribution in [1.29, 1.82) is 0 Å². The summed E-state index contributed by atoms with van der Waals surface area (Å²) in [6.07, 6.45) is -52.9. The van der Waals surface area contributed by atoms with Crippen molar-refractivity contribution >= 4 is 84.7 Å². The summed E-state index contributed by atoms with van der Waals surface area (Å²) in [4.78, 5) is 27.3. The highest BCUT2D eigenvalue weighted by atomic mass is 32.3. The van der Waals surface area contributed by atoms with Crippen molar-refractivity contribution < 1.29 is 220 Å². The number of ether oxygens (including phenoxy) is 17. The van der Waals surface area contributed by atoms with E-state index in [9.17, 15) is 111 Å². The number of aliphatic carboxylic acids is 2. The molecule has 9 heterocycles. The molecule has 0 aromatic heterocycles. The van der Waals surface area contributed by atoms with Crippen molar-refractivity contribution in [2.75, 3.05) is 75.7 Å². The first-order chi connectivity index (χ1) is 43.3. The first-order valence-electron chi connectivity index (χ1n) is 25.5. The van der Waals surface area contributed by atoms with Gasteiger partial charge in [0.15, 0.2) is 43.7 Å². The van der Waals surface area contributed by atoms with Gasteiger partial charge in [-0.2, -0.15) is 58.9 Å². The van der Waals surface area contributed by atoms with Crippen molar-refractivity contribution in [2.24, 2.45) is 0 Å². The largest absolute Gasteiger partial charge is 0.479 e. The zero-order valence-electron chi connectivity index (χ0n) is 48.0. The maximum atomic E-state index is 13.7. The van der Waals surface area contributed by atoms with E-state index in [0.717, 1.165) is 35.5 Å². The predicted molar refractivity (Wildman–Crippen MR) is 275 cm³/mol. The quantitative estimate of drug-likeness (QED) is 0.0276. The number of hydrogen-bond donors (Lipinski definition) is 9. The minimum Gasteiger partial charge on any atom is -0.479 e. The molecule has 548 valence electrons. The Morgan fingerprint density at radius 2 is 0.649 bits per heavy atom. The lowest BCUT2D eigenvalue weighted by Gasteiger charge is -2.57. The van der Waals surface area contributed by atoms with Crippen LogP contribution in [-0.4, -0.2) is 341 Å². The average molecular weight is 1530 g/mol. The van der Waals surface area contributed by atoms with E-state index in [1.54, 1.807) is 0 Å². The fourth-order valence-electron chi connectivity index (χ4n) is 11.1. The second kappa shape index (κ2) is 29.9. The second-order valence-electron chi connectivity index (χ2n) is 20.2. The molecule has 9 aliphatic heterocycles. The van der Waals surface area contributed by atoms with Crippen molar-refractivity contribution in [1.82, 2.24) is 0 Å². The number of carboxylic acids is 2. The molecule has 0 aromatic carbocycles. The molecule has 25 atom stereocenters. The van der Waals surface area contributed by atoms with E-state index in [0.29, 0.717) is 7.11 Å². The molecule has 9 rings (SSSR count). The molecular weight excluding hydrogens is 1460 g/mol. The second-order valence-corrected chi connectivity index (χ2v) is 27.7. The number of hydrogen-bond acceptors (Lipinski definition) is 40. The summed E-state index contributed by atoms with van der Waals surface area (Å²) >= 11 is 0. The molecule has 94 heavy (non-hydrogen) atoms. The van der Waals surface area contributed by atoms with Gasteiger partial charge >= 0.3 is 84.7 Å². The zero-order chi connectivity index (χ0) is 70.4. The zero-order valence-corrected chi connectivity index (χ0v) is 53.7. The molecule has 56 heteroatoms. The lowest BCUT2D eigenvalue weighted by atomic mass is 9.83. The normalized spacial score (nSPS) is 40.1. The van der Waals surface area contributed by atoms with Crippen LogP contribution in [-0.2, 0) is 192 Å². The summed E-state index contributed by atoms with van der Waals surface area (Å²) in [5, 5.41) is 22.0. The Morgan fingerprint density at radius 3 is 0.947 bits per heavy atom. The fourth-order valence-corrected chi connectivity index (χ4v) is 14.0. The highest BCUT2D eigenvalue weighted by Crippen LogP contribution is 2.48. The molecule has 0 saturated carbocycles. The van der Waals surface area contributed by atoms with Crippen LogP contribution in [0.1, 0.15) is 0 Å². The molecule has 0 radical (unpaired) electrons. The topological polar surface area (TPSA) is 677 Å². The first-order valence-corrected chi connectivity index (χ1v) is 35.1. The number of rotatable bonds is 33. The highest BCUT2D eigenvalue weighted by molar-refractivity contribution is 7.82. The van der Waals surface area contributed by atoms with Gasteiger partial charge in [-0.25, -0.2) is 38.9 Å². The molecule has 0 aliphatic carbocycles. The van der Waals surface area contributed by atoms with Crippen LogP contribution in [0.3, 0.4) is 0 Å². The lowest BCUT2D eigenvalue weighted by Crippen LogP contribution is -2.78. The monoisotopic (exact) mass is 1520 g/mol. The Kier molecular flexibility index (Phi) is 25.0. The third-order valence-corrected chi connectivity index (χ3v) is 17.8. The summed E-state index contributed by atoms with van der Waals surface area (Å²) < 4.78 is 368. The van der Waals surface area contributed by atoms with Gasteiger partial charge in [0.25, 0.3) is 0 Å². The lowest BCUT2D eigenvalue weighted by molar-refractivity contribution is -0.436. The van der Waals surface area contributed by atoms with Gasteiger partial charge in [0.2, 0.25) is 11.2 Å². The Balaban J connectivity index is 1.28. The van der Waals surface area contributed by atoms with Gasteiger partial charge in [0.1, 0.15) is 97.7 Å². The fraction of sp³-hybridized carbons (Fsp3) is 0.947. The summed E-state index contributed by atoms with van der Waals surface area (Å²) in [6.45, 7) is -6.70. The van der Waals surface area contributed by atoms with Crippen LogP contribution in [0, 0.1) is 0 Å². The van der Waals surface area contributed by atoms with Gasteiger partial charge in [-0.1, -0.05) is 0 Å². The van der Waals surface area contributed by atoms with Gasteiger partial charge in [-0.3, -0.25) is 31.9 Å². The van der Waals surface area contributed by atoms with Crippen molar-refractivity contribution in [3.05, 3.63) is 0 Å². The van der Waals surface area contributed by atoms with Gasteiger partial charge in [0, 0.05) is 42.7 Å². The van der Waals surface area contributed by atoms with E-state index < -0.39 is 270 Å². The number of carbonyl (C=O) groups is 2. The molecule has 9 aliphatic rings. The first kappa shape index (κ1) is 78.7. The third-order valence-electron chi connectivity index (χ3n) is 14.6. The van der Waals surface area contributed by atoms with Crippen LogP contribution in [0.25, 0.3) is 0 Å². The average Bonchev–Trinajstić information content (AvgIpc) is 0.724. The molecule has 9 saturated heterocycles. The summed E-state index contributed by atoms with van der Waals surface area (Å²) in [5.74, 6) is -4.31. The molecule has 0 amide bonds. The Bertz CT molecular complexity index is 3490. The smallest absolute Gasteiger partial charge is 0.397 e. The Labute approximate surface area is 531 Å². The maximum Gasteiger partial charge on any atom is 0.397 e. The molecule has 0 unspecified atom stereocenters. The van der Waals surface area contributed by atoms with E-state index in [1.807, 2.05) is 0 Å². The van der Waals surface area contributed by atoms with E-state index >= 15 is 0 Å². The van der Waals surface area contributed by atoms with Crippen LogP contribution >= 0.6 is 0 Å². The molecule has 4 bridgehead atoms. The van der Waals surface area contributed by atoms with E-state index in [4.69, 9.17) is 88.9 Å². The predicted octanol–water partition coefficient (Wildman–Crippen LogP) is -8.21. The van der Waals surface area contributed by atoms with Gasteiger partial charge < -0.3 is 90.7 Å². The molecule has 0 spiro atoms. The third kappa shape index (κ3) is 18.7. The molecule has 9 N–H and O–H groups in total. The summed E-state index contributed by atoms with van der Waals surface area (Å²) in [7, 11) is -34.8. The van der Waals surface area contributed by atoms with Crippen LogP contribution in [0.5, 0.6) is 0 Å². The van der Waals surface area contributed by atoms with Gasteiger partial charge in [0.05, 0.1) is 33.0 Å². The van der Waals surface area contributed by atoms with Crippen molar-refractivity contribution in [3.63, 3.8) is 0 Å². The molecular formula is C38H60O49S7. The van der Waals surface area contributed by atoms with Crippen LogP contribution in [0.15, 0.2) is 0 Å². The Hall–Kier alpha value is -2.65. The summed E-state index contributed by atoms with van der Waals surface area (Å²) in [6, 6.07) is 0. The Morgan fingerprint density at radius 1 is 0.351 bits per heavy atom. The molecule has 0 aromatic rings. The molecule has 49 nitrogen and oxygen atoms in total. The van der Waals surface area contributed by atoms with Crippen molar-refractivity contribution in [2.45, 2.75) is 153 Å². The minimum absolute atomic E-state index is 0.714. The van der Waals surface area contributed by atoms with E-state index in [2.05, 4.69) is 20.9 Å². The van der Waals surface area contributed by atoms with E-state index in [1.165, 1.54) is 0 Å². The van der Waals surface area contributed by atoms with Gasteiger partial charge in [-0.15, -0.1) is 0 Å². The van der Waals surface area contributed by atoms with Crippen LogP contribution in [0.2, 0.25) is 0 Å². The summed E-state index contributed by atoms with van der Waals surface area (Å²) in [5.41, 5.74) is -6.35. The minimum atomic E-state index is -6.19. The number of carboxylic acid groups (broad SMARTS) is 2. The standard InChI is InChI=1S/C38H60O49S7/c1-64-15-12(7-72-88(43,44)45)76-31(23(68-5)18(15)65-2)80-28-21(66-3)24-34(82-37(28,10-70-24)35(39)40)79-17-14(9-74-90(49,50)51)77-32(27(87-94(61,62)63)20(17)85-92(55,56)57)81-29-22(67-4)25-33(83-38(29,11-71-25)36(41)42)78-16-13(8-73-89(46,47)48)75-30(69-6)26(86-93(58,59)60)19(16)84-91(52,53)54/h12-34H,7-11H2,1-6H3,(H,39,40)(H,41,42)(H,43,44,45)(H,46,47,48)(H,49,50,51)(H,52,53,54)(H,55,56,57)(H,58,59,60)(H,61,62,63)/t12-,13-,14-,15-,16-,17-,18+,19+,20+,21-,22-,23-,24+,25-,26-,27-,28+,29+,30+,31-,32-,33-,34-,37-,38+/m1/s1. The van der Waals surface area contributed by atoms with E-state index in [-0.39, 0.29) is 0 Å².